The van der Waals surface area contributed by atoms with E-state index in [-0.39, 0.29) is 23.2 Å². The summed E-state index contributed by atoms with van der Waals surface area (Å²) in [6.07, 6.45) is 6.53. The fourth-order valence-corrected chi connectivity index (χ4v) is 3.74. The zero-order chi connectivity index (χ0) is 20.4. The molecule has 4 amide bonds. The van der Waals surface area contributed by atoms with Crippen LogP contribution >= 0.6 is 11.8 Å². The predicted octanol–water partition coefficient (Wildman–Crippen LogP) is 3.81. The summed E-state index contributed by atoms with van der Waals surface area (Å²) in [7, 11) is 3.38. The quantitative estimate of drug-likeness (QED) is 0.474. The number of carbonyl (C=O) groups excluding carboxylic acids is 3. The molecule has 0 heterocycles. The Labute approximate surface area is 171 Å². The number of thioether (sulfide) groups is 1. The Kier molecular flexibility index (Phi) is 9.13. The van der Waals surface area contributed by atoms with Gasteiger partial charge in [-0.1, -0.05) is 31.4 Å². The fourth-order valence-electron chi connectivity index (χ4n) is 2.99. The van der Waals surface area contributed by atoms with Crippen molar-refractivity contribution in [3.63, 3.8) is 0 Å². The van der Waals surface area contributed by atoms with E-state index in [0.29, 0.717) is 30.0 Å². The number of hydrogen-bond donors (Lipinski definition) is 3. The number of benzene rings is 1. The highest BCUT2D eigenvalue weighted by molar-refractivity contribution is 8.13. The molecule has 1 saturated carbocycles. The van der Waals surface area contributed by atoms with Crippen molar-refractivity contribution in [2.75, 3.05) is 26.0 Å². The highest BCUT2D eigenvalue weighted by Gasteiger charge is 2.15. The molecule has 0 saturated heterocycles. The second-order valence-corrected chi connectivity index (χ2v) is 8.14. The summed E-state index contributed by atoms with van der Waals surface area (Å²) in [5.41, 5.74) is 0.621. The first kappa shape index (κ1) is 22.1. The molecule has 1 fully saturated rings. The number of urea groups is 1. The van der Waals surface area contributed by atoms with Crippen LogP contribution in [0.2, 0.25) is 0 Å². The lowest BCUT2D eigenvalue weighted by atomic mass is 9.96. The molecule has 0 aromatic heterocycles. The number of rotatable bonds is 7. The average Bonchev–Trinajstić information content (AvgIpc) is 2.67. The van der Waals surface area contributed by atoms with Crippen LogP contribution in [0.4, 0.5) is 15.3 Å². The highest BCUT2D eigenvalue weighted by Crippen LogP contribution is 2.28. The normalized spacial score (nSPS) is 14.2. The van der Waals surface area contributed by atoms with Crippen LogP contribution in [0.5, 0.6) is 0 Å². The predicted molar refractivity (Wildman–Crippen MR) is 113 cm³/mol. The Morgan fingerprint density at radius 1 is 1.11 bits per heavy atom. The zero-order valence-corrected chi connectivity index (χ0v) is 17.4. The zero-order valence-electron chi connectivity index (χ0n) is 16.6. The molecule has 0 atom stereocenters. The van der Waals surface area contributed by atoms with Crippen LogP contribution in [-0.2, 0) is 4.79 Å². The van der Waals surface area contributed by atoms with E-state index in [1.54, 1.807) is 26.2 Å². The maximum Gasteiger partial charge on any atom is 0.315 e. The van der Waals surface area contributed by atoms with Crippen LogP contribution in [0.25, 0.3) is 0 Å². The standard InChI is InChI=1S/C20H30N4O3S/c1-24(2)20(27)28-17-12-7-6-11-16(17)23-18(25)13-8-14-21-19(26)22-15-9-4-3-5-10-15/h6-7,11-12,15H,3-5,8-10,13-14H2,1-2H3,(H,23,25)(H2,21,22,26). The maximum absolute atomic E-state index is 12.2. The van der Waals surface area contributed by atoms with Gasteiger partial charge in [0.25, 0.3) is 5.24 Å². The summed E-state index contributed by atoms with van der Waals surface area (Å²) in [6.45, 7) is 0.446. The summed E-state index contributed by atoms with van der Waals surface area (Å²) in [4.78, 5) is 38.2. The molecule has 0 radical (unpaired) electrons. The van der Waals surface area contributed by atoms with E-state index in [9.17, 15) is 14.4 Å². The highest BCUT2D eigenvalue weighted by atomic mass is 32.2. The van der Waals surface area contributed by atoms with Gasteiger partial charge in [0.2, 0.25) is 5.91 Å². The molecule has 0 spiro atoms. The van der Waals surface area contributed by atoms with Gasteiger partial charge in [0.15, 0.2) is 0 Å². The second-order valence-electron chi connectivity index (χ2n) is 7.15. The van der Waals surface area contributed by atoms with Crippen molar-refractivity contribution < 1.29 is 14.4 Å². The third-order valence-corrected chi connectivity index (χ3v) is 5.65. The summed E-state index contributed by atoms with van der Waals surface area (Å²) in [5, 5.41) is 8.55. The fraction of sp³-hybridized carbons (Fsp3) is 0.550. The van der Waals surface area contributed by atoms with Crippen LogP contribution in [0.1, 0.15) is 44.9 Å². The minimum Gasteiger partial charge on any atom is -0.339 e. The molecule has 28 heavy (non-hydrogen) atoms. The van der Waals surface area contributed by atoms with E-state index >= 15 is 0 Å². The minimum atomic E-state index is -0.156. The van der Waals surface area contributed by atoms with E-state index in [0.717, 1.165) is 24.6 Å². The molecule has 1 aromatic rings. The number of hydrogen-bond acceptors (Lipinski definition) is 4. The molecule has 7 nitrogen and oxygen atoms in total. The number of nitrogens with one attached hydrogen (secondary N) is 3. The molecule has 0 aliphatic heterocycles. The number of anilines is 1. The van der Waals surface area contributed by atoms with Gasteiger partial charge in [-0.3, -0.25) is 9.59 Å². The SMILES string of the molecule is CN(C)C(=O)Sc1ccccc1NC(=O)CCCNC(=O)NC1CCCCC1. The van der Waals surface area contributed by atoms with E-state index in [2.05, 4.69) is 16.0 Å². The molecule has 154 valence electrons. The Hall–Kier alpha value is -2.22. The monoisotopic (exact) mass is 406 g/mol. The number of carbonyl (C=O) groups is 3. The Morgan fingerprint density at radius 3 is 2.54 bits per heavy atom. The van der Waals surface area contributed by atoms with E-state index in [4.69, 9.17) is 0 Å². The Balaban J connectivity index is 1.69. The first-order valence-electron chi connectivity index (χ1n) is 9.78. The maximum atomic E-state index is 12.2. The van der Waals surface area contributed by atoms with Gasteiger partial charge in [-0.05, 0) is 43.2 Å². The molecule has 8 heteroatoms. The van der Waals surface area contributed by atoms with Gasteiger partial charge in [-0.2, -0.15) is 0 Å². The third-order valence-electron chi connectivity index (χ3n) is 4.53. The molecule has 3 N–H and O–H groups in total. The van der Waals surface area contributed by atoms with E-state index in [1.165, 1.54) is 24.2 Å². The molecule has 0 bridgehead atoms. The van der Waals surface area contributed by atoms with Crippen LogP contribution in [0.3, 0.4) is 0 Å². The van der Waals surface area contributed by atoms with Crippen LogP contribution in [-0.4, -0.2) is 48.8 Å². The molecule has 2 rings (SSSR count). The number of para-hydroxylation sites is 1. The van der Waals surface area contributed by atoms with Crippen molar-refractivity contribution in [1.82, 2.24) is 15.5 Å². The van der Waals surface area contributed by atoms with Crippen molar-refractivity contribution >= 4 is 34.6 Å². The number of nitrogens with zero attached hydrogens (tertiary/aromatic N) is 1. The van der Waals surface area contributed by atoms with Gasteiger partial charge in [-0.15, -0.1) is 0 Å². The van der Waals surface area contributed by atoms with Crippen LogP contribution < -0.4 is 16.0 Å². The van der Waals surface area contributed by atoms with E-state index < -0.39 is 0 Å². The summed E-state index contributed by atoms with van der Waals surface area (Å²) in [6, 6.07) is 7.34. The topological polar surface area (TPSA) is 90.5 Å². The van der Waals surface area contributed by atoms with Gasteiger partial charge < -0.3 is 20.9 Å². The molecule has 1 aliphatic carbocycles. The van der Waals surface area contributed by atoms with Gasteiger partial charge in [-0.25, -0.2) is 4.79 Å². The van der Waals surface area contributed by atoms with Gasteiger partial charge >= 0.3 is 6.03 Å². The molecule has 1 aromatic carbocycles. The van der Waals surface area contributed by atoms with Gasteiger partial charge in [0.1, 0.15) is 0 Å². The first-order chi connectivity index (χ1) is 13.5. The third kappa shape index (κ3) is 7.80. The van der Waals surface area contributed by atoms with E-state index in [1.807, 2.05) is 12.1 Å². The van der Waals surface area contributed by atoms with Crippen molar-refractivity contribution in [3.8, 4) is 0 Å². The molecular weight excluding hydrogens is 376 g/mol. The van der Waals surface area contributed by atoms with Crippen LogP contribution in [0, 0.1) is 0 Å². The van der Waals surface area contributed by atoms with Crippen molar-refractivity contribution in [2.24, 2.45) is 0 Å². The first-order valence-corrected chi connectivity index (χ1v) is 10.6. The Morgan fingerprint density at radius 2 is 1.82 bits per heavy atom. The molecule has 1 aliphatic rings. The smallest absolute Gasteiger partial charge is 0.315 e. The lowest BCUT2D eigenvalue weighted by Gasteiger charge is -2.22. The van der Waals surface area contributed by atoms with Crippen molar-refractivity contribution in [3.05, 3.63) is 24.3 Å². The lowest BCUT2D eigenvalue weighted by Crippen LogP contribution is -2.43. The summed E-state index contributed by atoms with van der Waals surface area (Å²) in [5.74, 6) is -0.139. The summed E-state index contributed by atoms with van der Waals surface area (Å²) < 4.78 is 0. The van der Waals surface area contributed by atoms with Crippen LogP contribution in [0.15, 0.2) is 29.2 Å². The van der Waals surface area contributed by atoms with Crippen molar-refractivity contribution in [2.45, 2.75) is 55.9 Å². The molecule has 0 unspecified atom stereocenters. The van der Waals surface area contributed by atoms with Gasteiger partial charge in [0.05, 0.1) is 5.69 Å². The molecular formula is C20H30N4O3S. The van der Waals surface area contributed by atoms with Crippen molar-refractivity contribution in [1.29, 1.82) is 0 Å². The minimum absolute atomic E-state index is 0.102. The largest absolute Gasteiger partial charge is 0.339 e. The van der Waals surface area contributed by atoms with Gasteiger partial charge in [0, 0.05) is 38.0 Å². The Bertz CT molecular complexity index is 675. The average molecular weight is 407 g/mol. The lowest BCUT2D eigenvalue weighted by molar-refractivity contribution is -0.116. The number of amides is 4. The second kappa shape index (κ2) is 11.6. The summed E-state index contributed by atoms with van der Waals surface area (Å²) >= 11 is 1.08.